The van der Waals surface area contributed by atoms with Crippen molar-refractivity contribution in [3.05, 3.63) is 113 Å². The Morgan fingerprint density at radius 2 is 1.40 bits per heavy atom. The minimum absolute atomic E-state index is 0.00217. The van der Waals surface area contributed by atoms with Crippen molar-refractivity contribution in [1.82, 2.24) is 0 Å². The van der Waals surface area contributed by atoms with Crippen LogP contribution in [0, 0.1) is 17.5 Å². The van der Waals surface area contributed by atoms with E-state index in [-0.39, 0.29) is 29.7 Å². The number of aryl methyl sites for hydroxylation is 1. The standard InChI is InChI=1S/C30H25F3O2/c1-2-3-19-4-6-20(7-5-19)25-14-15-26(30(33)29(25)32)21-10-12-24(13-11-21)34-17-23-9-8-22(16-27(23)31)28-18-35-28/h4-16,28H,2-3,17-18H2,1H3. The molecule has 0 aromatic heterocycles. The third-order valence-electron chi connectivity index (χ3n) is 6.23. The highest BCUT2D eigenvalue weighted by Crippen LogP contribution is 2.33. The Morgan fingerprint density at radius 3 is 1.94 bits per heavy atom. The zero-order valence-corrected chi connectivity index (χ0v) is 19.4. The van der Waals surface area contributed by atoms with Gasteiger partial charge in [0.2, 0.25) is 0 Å². The zero-order valence-electron chi connectivity index (χ0n) is 19.4. The van der Waals surface area contributed by atoms with Crippen molar-refractivity contribution in [3.63, 3.8) is 0 Å². The van der Waals surface area contributed by atoms with Crippen LogP contribution in [0.1, 0.15) is 36.1 Å². The van der Waals surface area contributed by atoms with Crippen LogP contribution in [0.5, 0.6) is 5.75 Å². The van der Waals surface area contributed by atoms with Gasteiger partial charge < -0.3 is 9.47 Å². The zero-order chi connectivity index (χ0) is 24.4. The Morgan fingerprint density at radius 1 is 0.800 bits per heavy atom. The summed E-state index contributed by atoms with van der Waals surface area (Å²) in [5.74, 6) is -1.60. The lowest BCUT2D eigenvalue weighted by Crippen LogP contribution is -1.99. The summed E-state index contributed by atoms with van der Waals surface area (Å²) in [6.07, 6.45) is 1.98. The second kappa shape index (κ2) is 9.96. The summed E-state index contributed by atoms with van der Waals surface area (Å²) < 4.78 is 55.1. The Balaban J connectivity index is 1.29. The Kier molecular flexibility index (Phi) is 6.60. The molecule has 0 amide bonds. The van der Waals surface area contributed by atoms with Gasteiger partial charge in [-0.3, -0.25) is 0 Å². The van der Waals surface area contributed by atoms with Crippen LogP contribution in [0.25, 0.3) is 22.3 Å². The van der Waals surface area contributed by atoms with Crippen LogP contribution in [-0.4, -0.2) is 6.61 Å². The van der Waals surface area contributed by atoms with Crippen molar-refractivity contribution in [3.8, 4) is 28.0 Å². The van der Waals surface area contributed by atoms with Crippen molar-refractivity contribution < 1.29 is 22.6 Å². The van der Waals surface area contributed by atoms with Crippen molar-refractivity contribution in [2.75, 3.05) is 6.61 Å². The third-order valence-corrected chi connectivity index (χ3v) is 6.23. The predicted molar refractivity (Wildman–Crippen MR) is 131 cm³/mol. The fourth-order valence-electron chi connectivity index (χ4n) is 4.15. The van der Waals surface area contributed by atoms with E-state index in [1.165, 1.54) is 11.6 Å². The van der Waals surface area contributed by atoms with Crippen LogP contribution >= 0.6 is 0 Å². The molecule has 1 aliphatic heterocycles. The normalized spacial score (nSPS) is 14.7. The second-order valence-electron chi connectivity index (χ2n) is 8.72. The van der Waals surface area contributed by atoms with Crippen LogP contribution in [0.3, 0.4) is 0 Å². The molecule has 1 unspecified atom stereocenters. The maximum atomic E-state index is 15.0. The average molecular weight is 475 g/mol. The molecule has 1 fully saturated rings. The summed E-state index contributed by atoms with van der Waals surface area (Å²) in [6.45, 7) is 2.79. The highest BCUT2D eigenvalue weighted by Gasteiger charge is 2.25. The number of hydrogen-bond acceptors (Lipinski definition) is 2. The molecule has 0 N–H and O–H groups in total. The molecule has 4 aromatic rings. The molecule has 0 bridgehead atoms. The lowest BCUT2D eigenvalue weighted by atomic mass is 9.97. The number of rotatable bonds is 8. The highest BCUT2D eigenvalue weighted by atomic mass is 19.2. The van der Waals surface area contributed by atoms with Gasteiger partial charge in [0.15, 0.2) is 11.6 Å². The highest BCUT2D eigenvalue weighted by molar-refractivity contribution is 5.72. The van der Waals surface area contributed by atoms with Gasteiger partial charge in [0.25, 0.3) is 0 Å². The summed E-state index contributed by atoms with van der Waals surface area (Å²) in [5.41, 5.74) is 4.00. The fraction of sp³-hybridized carbons (Fsp3) is 0.200. The molecule has 178 valence electrons. The van der Waals surface area contributed by atoms with Crippen LogP contribution in [0.4, 0.5) is 13.2 Å². The van der Waals surface area contributed by atoms with E-state index in [1.54, 1.807) is 42.5 Å². The number of hydrogen-bond donors (Lipinski definition) is 0. The molecule has 1 atom stereocenters. The molecular formula is C30H25F3O2. The molecule has 4 aromatic carbocycles. The van der Waals surface area contributed by atoms with Gasteiger partial charge in [-0.15, -0.1) is 0 Å². The number of epoxide rings is 1. The molecule has 0 spiro atoms. The molecular weight excluding hydrogens is 449 g/mol. The van der Waals surface area contributed by atoms with Crippen molar-refractivity contribution >= 4 is 0 Å². The summed E-state index contributed by atoms with van der Waals surface area (Å²) in [4.78, 5) is 0. The van der Waals surface area contributed by atoms with Crippen molar-refractivity contribution in [2.45, 2.75) is 32.5 Å². The largest absolute Gasteiger partial charge is 0.489 e. The smallest absolute Gasteiger partial charge is 0.167 e. The van der Waals surface area contributed by atoms with Gasteiger partial charge in [0.1, 0.15) is 24.3 Å². The van der Waals surface area contributed by atoms with E-state index < -0.39 is 11.6 Å². The predicted octanol–water partition coefficient (Wildman–Crippen LogP) is 8.04. The van der Waals surface area contributed by atoms with Crippen LogP contribution < -0.4 is 4.74 Å². The van der Waals surface area contributed by atoms with E-state index in [9.17, 15) is 13.2 Å². The summed E-state index contributed by atoms with van der Waals surface area (Å²) in [7, 11) is 0. The molecule has 5 rings (SSSR count). The minimum Gasteiger partial charge on any atom is -0.489 e. The monoisotopic (exact) mass is 474 g/mol. The third kappa shape index (κ3) is 5.10. The summed E-state index contributed by atoms with van der Waals surface area (Å²) in [6, 6.07) is 22.4. The first-order valence-electron chi connectivity index (χ1n) is 11.7. The molecule has 0 aliphatic carbocycles. The molecule has 35 heavy (non-hydrogen) atoms. The minimum atomic E-state index is -0.893. The van der Waals surface area contributed by atoms with E-state index in [2.05, 4.69) is 6.92 Å². The summed E-state index contributed by atoms with van der Waals surface area (Å²) >= 11 is 0. The topological polar surface area (TPSA) is 21.8 Å². The lowest BCUT2D eigenvalue weighted by molar-refractivity contribution is 0.299. The van der Waals surface area contributed by atoms with Gasteiger partial charge >= 0.3 is 0 Å². The van der Waals surface area contributed by atoms with Crippen molar-refractivity contribution in [1.29, 1.82) is 0 Å². The maximum Gasteiger partial charge on any atom is 0.167 e. The second-order valence-corrected chi connectivity index (χ2v) is 8.72. The Hall–Kier alpha value is -3.57. The van der Waals surface area contributed by atoms with E-state index in [4.69, 9.17) is 9.47 Å². The molecule has 0 saturated carbocycles. The molecule has 1 aliphatic rings. The number of benzene rings is 4. The Bertz CT molecular complexity index is 1330. The van der Waals surface area contributed by atoms with Gasteiger partial charge in [-0.2, -0.15) is 0 Å². The van der Waals surface area contributed by atoms with Gasteiger partial charge in [-0.05, 0) is 46.9 Å². The van der Waals surface area contributed by atoms with Gasteiger partial charge in [-0.1, -0.05) is 74.0 Å². The van der Waals surface area contributed by atoms with Crippen LogP contribution in [0.15, 0.2) is 78.9 Å². The van der Waals surface area contributed by atoms with Gasteiger partial charge in [-0.25, -0.2) is 13.2 Å². The van der Waals surface area contributed by atoms with E-state index >= 15 is 0 Å². The quantitative estimate of drug-likeness (QED) is 0.241. The molecule has 5 heteroatoms. The first-order chi connectivity index (χ1) is 17.0. The first kappa shape index (κ1) is 23.2. The van der Waals surface area contributed by atoms with Crippen LogP contribution in [0.2, 0.25) is 0 Å². The number of ether oxygens (including phenoxy) is 2. The lowest BCUT2D eigenvalue weighted by Gasteiger charge is -2.11. The van der Waals surface area contributed by atoms with Gasteiger partial charge in [0, 0.05) is 16.7 Å². The molecule has 2 nitrogen and oxygen atoms in total. The van der Waals surface area contributed by atoms with E-state index in [0.717, 1.165) is 18.4 Å². The molecule has 1 saturated heterocycles. The number of halogens is 3. The Labute approximate surface area is 203 Å². The fourth-order valence-corrected chi connectivity index (χ4v) is 4.15. The van der Waals surface area contributed by atoms with Crippen molar-refractivity contribution in [2.24, 2.45) is 0 Å². The van der Waals surface area contributed by atoms with Crippen LogP contribution in [-0.2, 0) is 17.8 Å². The maximum absolute atomic E-state index is 15.0. The van der Waals surface area contributed by atoms with E-state index in [1.807, 2.05) is 30.3 Å². The summed E-state index contributed by atoms with van der Waals surface area (Å²) in [5, 5.41) is 0. The van der Waals surface area contributed by atoms with E-state index in [0.29, 0.717) is 29.0 Å². The SMILES string of the molecule is CCCc1ccc(-c2ccc(-c3ccc(OCc4ccc(C5CO5)cc4F)cc3)c(F)c2F)cc1. The first-order valence-corrected chi connectivity index (χ1v) is 11.7. The molecule has 0 radical (unpaired) electrons. The average Bonchev–Trinajstić information content (AvgIpc) is 3.72. The molecule has 1 heterocycles. The van der Waals surface area contributed by atoms with Gasteiger partial charge in [0.05, 0.1) is 6.61 Å².